The molecule has 0 aliphatic carbocycles. The third kappa shape index (κ3) is 6.81. The molecule has 1 atom stereocenters. The lowest BCUT2D eigenvalue weighted by atomic mass is 10.1. The van der Waals surface area contributed by atoms with Crippen LogP contribution in [0.25, 0.3) is 0 Å². The number of rotatable bonds is 9. The van der Waals surface area contributed by atoms with Gasteiger partial charge in [-0.2, -0.15) is 0 Å². The van der Waals surface area contributed by atoms with Crippen molar-refractivity contribution in [3.05, 3.63) is 48.3 Å². The Morgan fingerprint density at radius 3 is 2.31 bits per heavy atom. The third-order valence-corrected chi connectivity index (χ3v) is 4.88. The molecular formula is C22H26FN3O5S. The molecule has 2 rings (SSSR count). The lowest BCUT2D eigenvalue weighted by Crippen LogP contribution is -2.49. The normalized spacial score (nSPS) is 11.2. The maximum absolute atomic E-state index is 13.2. The quantitative estimate of drug-likeness (QED) is 0.433. The Balaban J connectivity index is 2.18. The molecule has 8 nitrogen and oxygen atoms in total. The number of amides is 1. The van der Waals surface area contributed by atoms with Crippen molar-refractivity contribution in [3.8, 4) is 11.5 Å². The maximum atomic E-state index is 13.2. The van der Waals surface area contributed by atoms with Crippen molar-refractivity contribution in [2.45, 2.75) is 18.9 Å². The summed E-state index contributed by atoms with van der Waals surface area (Å²) in [7, 11) is 5.91. The molecule has 0 aromatic heterocycles. The zero-order chi connectivity index (χ0) is 23.7. The van der Waals surface area contributed by atoms with Gasteiger partial charge in [0.25, 0.3) is 0 Å². The van der Waals surface area contributed by atoms with E-state index in [4.69, 9.17) is 21.7 Å². The van der Waals surface area contributed by atoms with Crippen molar-refractivity contribution in [1.82, 2.24) is 5.32 Å². The first-order chi connectivity index (χ1) is 15.3. The number of halogens is 1. The third-order valence-electron chi connectivity index (χ3n) is 4.66. The summed E-state index contributed by atoms with van der Waals surface area (Å²) >= 11 is 5.31. The van der Waals surface area contributed by atoms with Crippen molar-refractivity contribution >= 4 is 40.6 Å². The Kier molecular flexibility index (Phi) is 9.21. The van der Waals surface area contributed by atoms with Crippen LogP contribution in [0.4, 0.5) is 15.8 Å². The zero-order valence-corrected chi connectivity index (χ0v) is 19.1. The average Bonchev–Trinajstić information content (AvgIpc) is 2.81. The Morgan fingerprint density at radius 1 is 1.06 bits per heavy atom. The van der Waals surface area contributed by atoms with Gasteiger partial charge >= 0.3 is 5.97 Å². The number of nitrogens with zero attached hydrogens (tertiary/aromatic N) is 1. The number of carbonyl (C=O) groups excluding carboxylic acids is 2. The molecule has 0 radical (unpaired) electrons. The topological polar surface area (TPSA) is 89.1 Å². The Bertz CT molecular complexity index is 955. The molecule has 2 N–H and O–H groups in total. The van der Waals surface area contributed by atoms with Crippen LogP contribution in [0.15, 0.2) is 42.5 Å². The van der Waals surface area contributed by atoms with Crippen molar-refractivity contribution < 1.29 is 28.2 Å². The molecule has 0 aliphatic heterocycles. The second-order valence-corrected chi connectivity index (χ2v) is 7.12. The summed E-state index contributed by atoms with van der Waals surface area (Å²) in [5, 5.41) is 5.98. The van der Waals surface area contributed by atoms with E-state index in [9.17, 15) is 14.0 Å². The van der Waals surface area contributed by atoms with Gasteiger partial charge in [0.05, 0.1) is 21.3 Å². The highest BCUT2D eigenvalue weighted by atomic mass is 32.1. The minimum atomic E-state index is -0.826. The number of carbonyl (C=O) groups is 2. The minimum absolute atomic E-state index is 0.0127. The summed E-state index contributed by atoms with van der Waals surface area (Å²) in [4.78, 5) is 26.3. The Hall–Kier alpha value is -3.40. The number of thiocarbonyl (C=S) groups is 1. The van der Waals surface area contributed by atoms with Crippen molar-refractivity contribution in [3.63, 3.8) is 0 Å². The second kappa shape index (κ2) is 11.8. The summed E-state index contributed by atoms with van der Waals surface area (Å²) in [6.45, 7) is 0. The molecule has 32 heavy (non-hydrogen) atoms. The highest BCUT2D eigenvalue weighted by molar-refractivity contribution is 7.80. The molecule has 0 heterocycles. The zero-order valence-electron chi connectivity index (χ0n) is 18.3. The molecule has 1 amide bonds. The minimum Gasteiger partial charge on any atom is -0.493 e. The maximum Gasteiger partial charge on any atom is 0.305 e. The van der Waals surface area contributed by atoms with E-state index in [0.29, 0.717) is 22.9 Å². The van der Waals surface area contributed by atoms with Gasteiger partial charge in [0.15, 0.2) is 16.6 Å². The van der Waals surface area contributed by atoms with E-state index in [2.05, 4.69) is 15.4 Å². The van der Waals surface area contributed by atoms with Crippen LogP contribution < -0.4 is 25.0 Å². The average molecular weight is 464 g/mol. The molecule has 10 heteroatoms. The first kappa shape index (κ1) is 24.9. The van der Waals surface area contributed by atoms with E-state index >= 15 is 0 Å². The summed E-state index contributed by atoms with van der Waals surface area (Å²) in [6.07, 6.45) is 0.160. The van der Waals surface area contributed by atoms with Gasteiger partial charge in [-0.05, 0) is 55.0 Å². The van der Waals surface area contributed by atoms with E-state index < -0.39 is 12.0 Å². The number of benzene rings is 2. The summed E-state index contributed by atoms with van der Waals surface area (Å²) < 4.78 is 28.3. The largest absolute Gasteiger partial charge is 0.493 e. The smallest absolute Gasteiger partial charge is 0.305 e. The van der Waals surface area contributed by atoms with Gasteiger partial charge in [-0.1, -0.05) is 0 Å². The molecule has 2 aromatic rings. The number of methoxy groups -OCH3 is 3. The van der Waals surface area contributed by atoms with Gasteiger partial charge in [0, 0.05) is 30.9 Å². The fraction of sp³-hybridized carbons (Fsp3) is 0.318. The van der Waals surface area contributed by atoms with Gasteiger partial charge in [0.1, 0.15) is 11.9 Å². The van der Waals surface area contributed by atoms with Crippen LogP contribution in [0, 0.1) is 5.82 Å². The van der Waals surface area contributed by atoms with E-state index in [1.54, 1.807) is 25.2 Å². The predicted molar refractivity (Wildman–Crippen MR) is 124 cm³/mol. The number of likely N-dealkylation sites (N-methyl/N-ethyl adjacent to an activating group) is 1. The second-order valence-electron chi connectivity index (χ2n) is 6.71. The van der Waals surface area contributed by atoms with Gasteiger partial charge in [-0.15, -0.1) is 0 Å². The molecule has 0 aliphatic rings. The van der Waals surface area contributed by atoms with Crippen LogP contribution in [-0.4, -0.2) is 51.4 Å². The summed E-state index contributed by atoms with van der Waals surface area (Å²) in [5.74, 6) is -0.156. The van der Waals surface area contributed by atoms with E-state index in [-0.39, 0.29) is 29.7 Å². The first-order valence-corrected chi connectivity index (χ1v) is 10.1. The lowest BCUT2D eigenvalue weighted by Gasteiger charge is -2.26. The Morgan fingerprint density at radius 2 is 1.72 bits per heavy atom. The van der Waals surface area contributed by atoms with Crippen molar-refractivity contribution in [2.75, 3.05) is 38.6 Å². The summed E-state index contributed by atoms with van der Waals surface area (Å²) in [6, 6.07) is 9.86. The summed E-state index contributed by atoms with van der Waals surface area (Å²) in [5.41, 5.74) is 1.12. The molecular weight excluding hydrogens is 437 g/mol. The first-order valence-electron chi connectivity index (χ1n) is 9.68. The van der Waals surface area contributed by atoms with Crippen LogP contribution in [0.5, 0.6) is 11.5 Å². The van der Waals surface area contributed by atoms with Crippen molar-refractivity contribution in [2.24, 2.45) is 0 Å². The monoisotopic (exact) mass is 463 g/mol. The van der Waals surface area contributed by atoms with Crippen LogP contribution in [0.3, 0.4) is 0 Å². The van der Waals surface area contributed by atoms with Gasteiger partial charge in [0.2, 0.25) is 5.91 Å². The number of esters is 1. The number of anilines is 2. The molecule has 2 aromatic carbocycles. The predicted octanol–water partition coefficient (Wildman–Crippen LogP) is 3.11. The number of hydrogen-bond acceptors (Lipinski definition) is 6. The number of nitrogens with one attached hydrogen (secondary N) is 2. The highest BCUT2D eigenvalue weighted by Crippen LogP contribution is 2.31. The number of ether oxygens (including phenoxy) is 3. The lowest BCUT2D eigenvalue weighted by molar-refractivity contribution is -0.140. The fourth-order valence-corrected chi connectivity index (χ4v) is 3.13. The molecule has 0 bridgehead atoms. The Labute approximate surface area is 191 Å². The molecule has 0 unspecified atom stereocenters. The SMILES string of the molecule is COC(=O)CC[C@H](NC(=S)Nc1ccc(F)cc1)C(=O)N(C)c1ccc(OC)c(OC)c1. The van der Waals surface area contributed by atoms with Gasteiger partial charge in [-0.3, -0.25) is 9.59 Å². The van der Waals surface area contributed by atoms with Crippen molar-refractivity contribution in [1.29, 1.82) is 0 Å². The molecule has 0 spiro atoms. The van der Waals surface area contributed by atoms with E-state index in [1.807, 2.05) is 0 Å². The van der Waals surface area contributed by atoms with Crippen LogP contribution in [0.1, 0.15) is 12.8 Å². The molecule has 0 saturated carbocycles. The van der Waals surface area contributed by atoms with Gasteiger partial charge < -0.3 is 29.7 Å². The van der Waals surface area contributed by atoms with E-state index in [0.717, 1.165) is 0 Å². The van der Waals surface area contributed by atoms with Crippen LogP contribution in [0.2, 0.25) is 0 Å². The van der Waals surface area contributed by atoms with E-state index in [1.165, 1.54) is 50.5 Å². The standard InChI is InChI=1S/C22H26FN3O5S/c1-26(16-9-11-18(29-2)19(13-16)30-3)21(28)17(10-12-20(27)31-4)25-22(32)24-15-7-5-14(23)6-8-15/h5-9,11,13,17H,10,12H2,1-4H3,(H2,24,25,32)/t17-/m0/s1. The molecule has 0 fully saturated rings. The van der Waals surface area contributed by atoms with Crippen LogP contribution in [-0.2, 0) is 14.3 Å². The van der Waals surface area contributed by atoms with Gasteiger partial charge in [-0.25, -0.2) is 4.39 Å². The fourth-order valence-electron chi connectivity index (χ4n) is 2.87. The molecule has 0 saturated heterocycles. The van der Waals surface area contributed by atoms with Crippen LogP contribution >= 0.6 is 12.2 Å². The number of hydrogen-bond donors (Lipinski definition) is 2. The highest BCUT2D eigenvalue weighted by Gasteiger charge is 2.25. The molecule has 172 valence electrons.